The van der Waals surface area contributed by atoms with Crippen LogP contribution in [-0.2, 0) is 17.8 Å². The van der Waals surface area contributed by atoms with E-state index >= 15 is 0 Å². The Morgan fingerprint density at radius 1 is 1.40 bits per heavy atom. The summed E-state index contributed by atoms with van der Waals surface area (Å²) in [5.41, 5.74) is 1.39. The van der Waals surface area contributed by atoms with Gasteiger partial charge in [0.05, 0.1) is 21.1 Å². The van der Waals surface area contributed by atoms with E-state index in [2.05, 4.69) is 18.8 Å². The third-order valence-electron chi connectivity index (χ3n) is 3.39. The normalized spacial score (nSPS) is 12.8. The van der Waals surface area contributed by atoms with E-state index in [9.17, 15) is 4.79 Å². The van der Waals surface area contributed by atoms with Crippen molar-refractivity contribution in [2.45, 2.75) is 33.2 Å². The van der Waals surface area contributed by atoms with Gasteiger partial charge in [0, 0.05) is 6.42 Å². The lowest BCUT2D eigenvalue weighted by Crippen LogP contribution is -2.13. The highest BCUT2D eigenvalue weighted by Gasteiger charge is 2.16. The summed E-state index contributed by atoms with van der Waals surface area (Å²) in [6.45, 7) is 4.09. The zero-order chi connectivity index (χ0) is 14.9. The second-order valence-electron chi connectivity index (χ2n) is 4.98. The fraction of sp³-hybridized carbons (Fsp3) is 0.429. The molecule has 108 valence electrons. The average molecular weight is 315 g/mol. The molecule has 0 fully saturated rings. The van der Waals surface area contributed by atoms with Gasteiger partial charge in [0.1, 0.15) is 12.4 Å². The zero-order valence-corrected chi connectivity index (χ0v) is 12.9. The minimum atomic E-state index is -0.902. The molecule has 0 spiro atoms. The van der Waals surface area contributed by atoms with E-state index in [1.807, 2.05) is 0 Å². The summed E-state index contributed by atoms with van der Waals surface area (Å²) in [4.78, 5) is 15.6. The highest BCUT2D eigenvalue weighted by atomic mass is 35.5. The molecule has 1 N–H and O–H groups in total. The minimum absolute atomic E-state index is 0.125. The van der Waals surface area contributed by atoms with Crippen molar-refractivity contribution >= 4 is 40.2 Å². The lowest BCUT2D eigenvalue weighted by atomic mass is 10.1. The summed E-state index contributed by atoms with van der Waals surface area (Å²) in [6, 6.07) is 3.35. The molecule has 1 aromatic heterocycles. The molecule has 0 saturated heterocycles. The fourth-order valence-corrected chi connectivity index (χ4v) is 2.41. The van der Waals surface area contributed by atoms with E-state index < -0.39 is 5.97 Å². The molecule has 1 atom stereocenters. The Morgan fingerprint density at radius 3 is 2.65 bits per heavy atom. The first-order chi connectivity index (χ1) is 9.42. The van der Waals surface area contributed by atoms with E-state index in [1.54, 1.807) is 16.7 Å². The van der Waals surface area contributed by atoms with Gasteiger partial charge in [0.15, 0.2) is 0 Å². The number of aromatic nitrogens is 2. The Bertz CT molecular complexity index is 652. The Morgan fingerprint density at radius 2 is 2.05 bits per heavy atom. The molecule has 0 radical (unpaired) electrons. The van der Waals surface area contributed by atoms with Crippen LogP contribution in [0, 0.1) is 5.92 Å². The fourth-order valence-electron chi connectivity index (χ4n) is 2.09. The number of halogens is 2. The van der Waals surface area contributed by atoms with Crippen LogP contribution >= 0.6 is 23.2 Å². The van der Waals surface area contributed by atoms with Crippen LogP contribution in [0.3, 0.4) is 0 Å². The van der Waals surface area contributed by atoms with Gasteiger partial charge in [-0.05, 0) is 18.1 Å². The Kier molecular flexibility index (Phi) is 4.55. The maximum Gasteiger partial charge on any atom is 0.323 e. The molecule has 0 aliphatic heterocycles. The molecule has 0 amide bonds. The van der Waals surface area contributed by atoms with Gasteiger partial charge >= 0.3 is 5.97 Å². The van der Waals surface area contributed by atoms with Crippen LogP contribution in [0.4, 0.5) is 0 Å². The lowest BCUT2D eigenvalue weighted by Gasteiger charge is -2.10. The molecular formula is C14H16Cl2N2O2. The molecule has 2 rings (SSSR count). The van der Waals surface area contributed by atoms with Gasteiger partial charge < -0.3 is 9.67 Å². The minimum Gasteiger partial charge on any atom is -0.480 e. The van der Waals surface area contributed by atoms with E-state index in [0.717, 1.165) is 18.7 Å². The molecule has 20 heavy (non-hydrogen) atoms. The summed E-state index contributed by atoms with van der Waals surface area (Å²) in [5.74, 6) is 0.293. The van der Waals surface area contributed by atoms with Crippen molar-refractivity contribution in [2.75, 3.05) is 0 Å². The molecule has 4 nitrogen and oxygen atoms in total. The van der Waals surface area contributed by atoms with Crippen LogP contribution < -0.4 is 0 Å². The number of imidazole rings is 1. The van der Waals surface area contributed by atoms with Crippen LogP contribution in [0.1, 0.15) is 26.1 Å². The van der Waals surface area contributed by atoms with Gasteiger partial charge in [-0.2, -0.15) is 0 Å². The first kappa shape index (κ1) is 15.1. The molecule has 1 heterocycles. The van der Waals surface area contributed by atoms with Crippen molar-refractivity contribution in [1.29, 1.82) is 0 Å². The van der Waals surface area contributed by atoms with E-state index in [4.69, 9.17) is 28.3 Å². The highest BCUT2D eigenvalue weighted by Crippen LogP contribution is 2.29. The van der Waals surface area contributed by atoms with E-state index in [-0.39, 0.29) is 6.54 Å². The van der Waals surface area contributed by atoms with Crippen LogP contribution in [0.2, 0.25) is 10.0 Å². The van der Waals surface area contributed by atoms with Crippen LogP contribution in [0.15, 0.2) is 12.1 Å². The first-order valence-corrected chi connectivity index (χ1v) is 7.24. The van der Waals surface area contributed by atoms with E-state index in [0.29, 0.717) is 27.0 Å². The van der Waals surface area contributed by atoms with Gasteiger partial charge in [0.2, 0.25) is 0 Å². The maximum absolute atomic E-state index is 11.1. The summed E-state index contributed by atoms with van der Waals surface area (Å²) in [7, 11) is 0. The van der Waals surface area contributed by atoms with Crippen molar-refractivity contribution in [3.8, 4) is 0 Å². The molecule has 1 aromatic carbocycles. The number of benzene rings is 1. The smallest absolute Gasteiger partial charge is 0.323 e. The Balaban J connectivity index is 2.57. The van der Waals surface area contributed by atoms with Crippen molar-refractivity contribution in [1.82, 2.24) is 9.55 Å². The molecule has 2 aromatic rings. The second kappa shape index (κ2) is 6.02. The first-order valence-electron chi connectivity index (χ1n) is 6.48. The quantitative estimate of drug-likeness (QED) is 0.907. The van der Waals surface area contributed by atoms with Crippen molar-refractivity contribution in [3.05, 3.63) is 28.0 Å². The summed E-state index contributed by atoms with van der Waals surface area (Å²) < 4.78 is 1.70. The van der Waals surface area contributed by atoms with Crippen molar-refractivity contribution in [3.63, 3.8) is 0 Å². The number of carbonyl (C=O) groups is 1. The zero-order valence-electron chi connectivity index (χ0n) is 11.4. The van der Waals surface area contributed by atoms with Gasteiger partial charge in [-0.3, -0.25) is 4.79 Å². The van der Waals surface area contributed by atoms with E-state index in [1.165, 1.54) is 0 Å². The third-order valence-corrected chi connectivity index (χ3v) is 4.11. The number of nitrogens with zero attached hydrogens (tertiary/aromatic N) is 2. The number of fused-ring (bicyclic) bond motifs is 1. The topological polar surface area (TPSA) is 55.1 Å². The number of hydrogen-bond donors (Lipinski definition) is 1. The molecule has 1 unspecified atom stereocenters. The molecule has 0 aliphatic carbocycles. The molecule has 0 bridgehead atoms. The van der Waals surface area contributed by atoms with Crippen molar-refractivity contribution < 1.29 is 9.90 Å². The third kappa shape index (κ3) is 3.07. The molecule has 0 saturated carbocycles. The lowest BCUT2D eigenvalue weighted by molar-refractivity contribution is -0.137. The largest absolute Gasteiger partial charge is 0.480 e. The molecule has 0 aliphatic rings. The molecule has 6 heteroatoms. The Hall–Kier alpha value is -1.26. The number of carboxylic acids is 1. The standard InChI is InChI=1S/C14H16Cl2N2O2/c1-3-8(2)4-13-17-11-5-9(15)10(16)6-12(11)18(13)7-14(19)20/h5-6,8H,3-4,7H2,1-2H3,(H,19,20). The average Bonchev–Trinajstić information content (AvgIpc) is 2.67. The van der Waals surface area contributed by atoms with Crippen LogP contribution in [-0.4, -0.2) is 20.6 Å². The van der Waals surface area contributed by atoms with Crippen molar-refractivity contribution in [2.24, 2.45) is 5.92 Å². The number of rotatable bonds is 5. The van der Waals surface area contributed by atoms with Gasteiger partial charge in [-0.1, -0.05) is 43.5 Å². The predicted molar refractivity (Wildman–Crippen MR) is 80.5 cm³/mol. The maximum atomic E-state index is 11.1. The molecular weight excluding hydrogens is 299 g/mol. The predicted octanol–water partition coefficient (Wildman–Crippen LogP) is 4.02. The monoisotopic (exact) mass is 314 g/mol. The number of hydrogen-bond acceptors (Lipinski definition) is 2. The highest BCUT2D eigenvalue weighted by molar-refractivity contribution is 6.42. The Labute approximate surface area is 127 Å². The summed E-state index contributed by atoms with van der Waals surface area (Å²) in [5, 5.41) is 9.91. The van der Waals surface area contributed by atoms with Gasteiger partial charge in [-0.25, -0.2) is 4.98 Å². The second-order valence-corrected chi connectivity index (χ2v) is 5.79. The summed E-state index contributed by atoms with van der Waals surface area (Å²) >= 11 is 12.0. The van der Waals surface area contributed by atoms with Crippen LogP contribution in [0.25, 0.3) is 11.0 Å². The van der Waals surface area contributed by atoms with Gasteiger partial charge in [0.25, 0.3) is 0 Å². The number of carboxylic acid groups (broad SMARTS) is 1. The van der Waals surface area contributed by atoms with Gasteiger partial charge in [-0.15, -0.1) is 0 Å². The SMILES string of the molecule is CCC(C)Cc1nc2cc(Cl)c(Cl)cc2n1CC(=O)O. The number of aliphatic carboxylic acids is 1. The van der Waals surface area contributed by atoms with Crippen LogP contribution in [0.5, 0.6) is 0 Å². The summed E-state index contributed by atoms with van der Waals surface area (Å²) in [6.07, 6.45) is 1.74.